The van der Waals surface area contributed by atoms with Gasteiger partial charge in [-0.05, 0) is 47.2 Å². The van der Waals surface area contributed by atoms with Gasteiger partial charge in [0.15, 0.2) is 0 Å². The fraction of sp³-hybridized carbons (Fsp3) is 0.130. The van der Waals surface area contributed by atoms with Gasteiger partial charge >= 0.3 is 0 Å². The van der Waals surface area contributed by atoms with Crippen molar-refractivity contribution in [2.24, 2.45) is 0 Å². The van der Waals surface area contributed by atoms with Crippen LogP contribution in [0.3, 0.4) is 0 Å². The minimum absolute atomic E-state index is 0.586. The lowest BCUT2D eigenvalue weighted by molar-refractivity contribution is 0.305. The van der Waals surface area contributed by atoms with Crippen LogP contribution < -0.4 is 4.74 Å². The maximum atomic E-state index is 5.95. The zero-order chi connectivity index (χ0) is 17.1. The first-order valence-electron chi connectivity index (χ1n) is 8.60. The molecule has 4 rings (SSSR count). The summed E-state index contributed by atoms with van der Waals surface area (Å²) >= 11 is 0. The van der Waals surface area contributed by atoms with E-state index in [0.717, 1.165) is 12.3 Å². The van der Waals surface area contributed by atoms with Crippen LogP contribution in [0.15, 0.2) is 85.1 Å². The summed E-state index contributed by atoms with van der Waals surface area (Å²) in [7, 11) is 0. The van der Waals surface area contributed by atoms with Crippen LogP contribution in [0.25, 0.3) is 10.9 Å². The molecule has 0 spiro atoms. The number of ether oxygens (including phenoxy) is 1. The highest BCUT2D eigenvalue weighted by atomic mass is 16.5. The molecular weight excluding hydrogens is 306 g/mol. The first-order chi connectivity index (χ1) is 12.3. The van der Waals surface area contributed by atoms with Crippen LogP contribution in [0.5, 0.6) is 5.75 Å². The minimum Gasteiger partial charge on any atom is -0.489 e. The number of rotatable bonds is 5. The van der Waals surface area contributed by atoms with Crippen molar-refractivity contribution < 1.29 is 4.74 Å². The van der Waals surface area contributed by atoms with Crippen molar-refractivity contribution in [3.63, 3.8) is 0 Å². The van der Waals surface area contributed by atoms with Crippen molar-refractivity contribution in [1.82, 2.24) is 4.57 Å². The Kier molecular flexibility index (Phi) is 4.26. The molecule has 0 unspecified atom stereocenters. The fourth-order valence-corrected chi connectivity index (χ4v) is 3.27. The highest BCUT2D eigenvalue weighted by molar-refractivity contribution is 5.84. The number of para-hydroxylation sites is 1. The molecule has 0 bridgehead atoms. The second-order valence-corrected chi connectivity index (χ2v) is 6.32. The summed E-state index contributed by atoms with van der Waals surface area (Å²) < 4.78 is 8.27. The van der Waals surface area contributed by atoms with E-state index in [9.17, 15) is 0 Å². The third-order valence-corrected chi connectivity index (χ3v) is 4.63. The summed E-state index contributed by atoms with van der Waals surface area (Å²) in [6, 6.07) is 27.1. The number of aryl methyl sites for hydroxylation is 1. The number of nitrogens with zero attached hydrogens (tertiary/aromatic N) is 1. The lowest BCUT2D eigenvalue weighted by atomic mass is 10.1. The molecule has 0 saturated carbocycles. The fourth-order valence-electron chi connectivity index (χ4n) is 3.27. The Bertz CT molecular complexity index is 971. The Balaban J connectivity index is 1.63. The summed E-state index contributed by atoms with van der Waals surface area (Å²) in [5, 5.41) is 1.27. The standard InChI is InChI=1S/C23H21NO/c1-18-21(17-25-22-10-6-3-7-11-22)13-12-20-14-15-24(23(18)20)16-19-8-4-2-5-9-19/h2-15H,16-17H2,1H3. The molecule has 0 N–H and O–H groups in total. The van der Waals surface area contributed by atoms with E-state index < -0.39 is 0 Å². The van der Waals surface area contributed by atoms with Crippen LogP contribution in [-0.4, -0.2) is 4.57 Å². The Morgan fingerprint density at radius 1 is 0.800 bits per heavy atom. The molecule has 0 aliphatic carbocycles. The van der Waals surface area contributed by atoms with Gasteiger partial charge in [-0.25, -0.2) is 0 Å². The maximum Gasteiger partial charge on any atom is 0.119 e. The van der Waals surface area contributed by atoms with Gasteiger partial charge in [0, 0.05) is 12.7 Å². The molecule has 0 aliphatic heterocycles. The van der Waals surface area contributed by atoms with E-state index in [2.05, 4.69) is 66.2 Å². The third kappa shape index (κ3) is 3.29. The monoisotopic (exact) mass is 327 g/mol. The molecule has 0 radical (unpaired) electrons. The average molecular weight is 327 g/mol. The Morgan fingerprint density at radius 2 is 1.52 bits per heavy atom. The van der Waals surface area contributed by atoms with E-state index in [1.807, 2.05) is 30.3 Å². The lowest BCUT2D eigenvalue weighted by Crippen LogP contribution is -2.02. The molecule has 2 nitrogen and oxygen atoms in total. The summed E-state index contributed by atoms with van der Waals surface area (Å²) in [5.74, 6) is 0.904. The van der Waals surface area contributed by atoms with E-state index in [1.54, 1.807) is 0 Å². The Labute approximate surface area is 148 Å². The zero-order valence-electron chi connectivity index (χ0n) is 14.4. The summed E-state index contributed by atoms with van der Waals surface area (Å²) in [5.41, 5.74) is 5.11. The van der Waals surface area contributed by atoms with Crippen molar-refractivity contribution in [2.45, 2.75) is 20.1 Å². The zero-order valence-corrected chi connectivity index (χ0v) is 14.4. The van der Waals surface area contributed by atoms with E-state index in [-0.39, 0.29) is 0 Å². The first-order valence-corrected chi connectivity index (χ1v) is 8.60. The van der Waals surface area contributed by atoms with Crippen molar-refractivity contribution in [1.29, 1.82) is 0 Å². The second kappa shape index (κ2) is 6.86. The summed E-state index contributed by atoms with van der Waals surface area (Å²) in [6.45, 7) is 3.66. The number of aromatic nitrogens is 1. The molecule has 0 saturated heterocycles. The van der Waals surface area contributed by atoms with Crippen LogP contribution in [0.2, 0.25) is 0 Å². The van der Waals surface area contributed by atoms with Gasteiger partial charge in [-0.3, -0.25) is 0 Å². The van der Waals surface area contributed by atoms with Gasteiger partial charge in [-0.2, -0.15) is 0 Å². The molecule has 1 aromatic heterocycles. The highest BCUT2D eigenvalue weighted by Crippen LogP contribution is 2.25. The molecule has 1 heterocycles. The SMILES string of the molecule is Cc1c(COc2ccccc2)ccc2ccn(Cc3ccccc3)c12. The second-order valence-electron chi connectivity index (χ2n) is 6.32. The number of hydrogen-bond donors (Lipinski definition) is 0. The van der Waals surface area contributed by atoms with Crippen LogP contribution in [-0.2, 0) is 13.2 Å². The lowest BCUT2D eigenvalue weighted by Gasteiger charge is -2.13. The molecule has 124 valence electrons. The Hall–Kier alpha value is -3.00. The molecule has 4 aromatic rings. The van der Waals surface area contributed by atoms with Crippen LogP contribution in [0.1, 0.15) is 16.7 Å². The van der Waals surface area contributed by atoms with Crippen LogP contribution in [0.4, 0.5) is 0 Å². The Morgan fingerprint density at radius 3 is 2.28 bits per heavy atom. The minimum atomic E-state index is 0.586. The van der Waals surface area contributed by atoms with E-state index >= 15 is 0 Å². The molecule has 0 amide bonds. The van der Waals surface area contributed by atoms with Gasteiger partial charge in [0.1, 0.15) is 12.4 Å². The maximum absolute atomic E-state index is 5.95. The summed E-state index contributed by atoms with van der Waals surface area (Å²) in [4.78, 5) is 0. The molecule has 0 atom stereocenters. The molecule has 0 fully saturated rings. The van der Waals surface area contributed by atoms with Crippen LogP contribution >= 0.6 is 0 Å². The average Bonchev–Trinajstić information content (AvgIpc) is 3.06. The smallest absolute Gasteiger partial charge is 0.119 e. The molecule has 0 aliphatic rings. The molecule has 2 heteroatoms. The number of hydrogen-bond acceptors (Lipinski definition) is 1. The first kappa shape index (κ1) is 15.5. The molecule has 25 heavy (non-hydrogen) atoms. The van der Waals surface area contributed by atoms with E-state index in [0.29, 0.717) is 6.61 Å². The largest absolute Gasteiger partial charge is 0.489 e. The van der Waals surface area contributed by atoms with Gasteiger partial charge < -0.3 is 9.30 Å². The van der Waals surface area contributed by atoms with Crippen molar-refractivity contribution >= 4 is 10.9 Å². The van der Waals surface area contributed by atoms with Crippen molar-refractivity contribution in [3.8, 4) is 5.75 Å². The van der Waals surface area contributed by atoms with Crippen molar-refractivity contribution in [2.75, 3.05) is 0 Å². The van der Waals surface area contributed by atoms with Gasteiger partial charge in [0.05, 0.1) is 5.52 Å². The molecule has 3 aromatic carbocycles. The van der Waals surface area contributed by atoms with Crippen LogP contribution in [0, 0.1) is 6.92 Å². The summed E-state index contributed by atoms with van der Waals surface area (Å²) in [6.07, 6.45) is 2.17. The number of benzene rings is 3. The topological polar surface area (TPSA) is 14.2 Å². The van der Waals surface area contributed by atoms with Gasteiger partial charge in [0.2, 0.25) is 0 Å². The van der Waals surface area contributed by atoms with E-state index in [1.165, 1.54) is 27.6 Å². The van der Waals surface area contributed by atoms with Gasteiger partial charge in [0.25, 0.3) is 0 Å². The molecular formula is C23H21NO. The predicted molar refractivity (Wildman–Crippen MR) is 103 cm³/mol. The number of fused-ring (bicyclic) bond motifs is 1. The highest BCUT2D eigenvalue weighted by Gasteiger charge is 2.09. The van der Waals surface area contributed by atoms with Gasteiger partial charge in [-0.15, -0.1) is 0 Å². The third-order valence-electron chi connectivity index (χ3n) is 4.63. The quantitative estimate of drug-likeness (QED) is 0.467. The van der Waals surface area contributed by atoms with Gasteiger partial charge in [-0.1, -0.05) is 60.7 Å². The predicted octanol–water partition coefficient (Wildman–Crippen LogP) is 5.58. The normalized spacial score (nSPS) is 10.9. The van der Waals surface area contributed by atoms with Crippen molar-refractivity contribution in [3.05, 3.63) is 102 Å². The van der Waals surface area contributed by atoms with E-state index in [4.69, 9.17) is 4.74 Å².